The predicted molar refractivity (Wildman–Crippen MR) is 109 cm³/mol. The van der Waals surface area contributed by atoms with Gasteiger partial charge < -0.3 is 5.32 Å². The molecule has 0 aliphatic rings. The van der Waals surface area contributed by atoms with Gasteiger partial charge in [-0.15, -0.1) is 0 Å². The molecule has 4 heteroatoms. The minimum absolute atomic E-state index is 0.146. The van der Waals surface area contributed by atoms with Crippen LogP contribution in [0, 0.1) is 5.82 Å². The first-order valence-corrected chi connectivity index (χ1v) is 9.12. The van der Waals surface area contributed by atoms with Crippen LogP contribution in [0.15, 0.2) is 85.1 Å². The summed E-state index contributed by atoms with van der Waals surface area (Å²) in [6.07, 6.45) is 1.71. The van der Waals surface area contributed by atoms with E-state index in [-0.39, 0.29) is 17.8 Å². The summed E-state index contributed by atoms with van der Waals surface area (Å²) in [5.41, 5.74) is 3.35. The maximum atomic E-state index is 13.2. The summed E-state index contributed by atoms with van der Waals surface area (Å²) >= 11 is 0. The van der Waals surface area contributed by atoms with E-state index in [0.717, 1.165) is 27.6 Å². The first-order chi connectivity index (χ1) is 13.6. The molecule has 0 spiro atoms. The minimum Gasteiger partial charge on any atom is -0.344 e. The van der Waals surface area contributed by atoms with Crippen LogP contribution in [0.2, 0.25) is 0 Å². The van der Waals surface area contributed by atoms with E-state index in [1.165, 1.54) is 12.1 Å². The lowest BCUT2D eigenvalue weighted by Gasteiger charge is -2.14. The molecule has 0 unspecified atom stereocenters. The van der Waals surface area contributed by atoms with E-state index in [1.54, 1.807) is 18.3 Å². The highest BCUT2D eigenvalue weighted by Crippen LogP contribution is 2.29. The molecule has 1 amide bonds. The molecule has 4 aromatic rings. The van der Waals surface area contributed by atoms with Crippen molar-refractivity contribution in [3.8, 4) is 11.1 Å². The number of hydrogen-bond acceptors (Lipinski definition) is 2. The molecule has 0 radical (unpaired) electrons. The maximum absolute atomic E-state index is 13.2. The van der Waals surface area contributed by atoms with Crippen molar-refractivity contribution in [1.82, 2.24) is 10.3 Å². The number of pyridine rings is 1. The van der Waals surface area contributed by atoms with E-state index in [0.29, 0.717) is 5.56 Å². The van der Waals surface area contributed by atoms with Crippen molar-refractivity contribution in [2.45, 2.75) is 13.0 Å². The Morgan fingerprint density at radius 3 is 2.54 bits per heavy atom. The van der Waals surface area contributed by atoms with Crippen molar-refractivity contribution >= 4 is 16.7 Å². The van der Waals surface area contributed by atoms with Crippen LogP contribution in [-0.4, -0.2) is 10.9 Å². The quantitative estimate of drug-likeness (QED) is 0.513. The zero-order chi connectivity index (χ0) is 19.5. The molecule has 0 bridgehead atoms. The van der Waals surface area contributed by atoms with Crippen LogP contribution in [0.4, 0.5) is 4.39 Å². The lowest BCUT2D eigenvalue weighted by atomic mass is 9.97. The van der Waals surface area contributed by atoms with E-state index < -0.39 is 0 Å². The first-order valence-electron chi connectivity index (χ1n) is 9.12. The molecule has 138 valence electrons. The third-order valence-corrected chi connectivity index (χ3v) is 4.78. The van der Waals surface area contributed by atoms with E-state index in [2.05, 4.69) is 10.3 Å². The van der Waals surface area contributed by atoms with Crippen LogP contribution in [0.5, 0.6) is 0 Å². The second kappa shape index (κ2) is 7.61. The first kappa shape index (κ1) is 17.9. The number of carbonyl (C=O) groups is 1. The summed E-state index contributed by atoms with van der Waals surface area (Å²) in [6.45, 7) is 1.91. The molecule has 1 atom stereocenters. The van der Waals surface area contributed by atoms with Crippen molar-refractivity contribution in [3.05, 3.63) is 102 Å². The molecule has 1 N–H and O–H groups in total. The highest BCUT2D eigenvalue weighted by Gasteiger charge is 2.13. The Morgan fingerprint density at radius 1 is 0.964 bits per heavy atom. The Morgan fingerprint density at radius 2 is 1.79 bits per heavy atom. The number of amides is 1. The number of carbonyl (C=O) groups excluding carboxylic acids is 1. The number of aromatic nitrogens is 1. The lowest BCUT2D eigenvalue weighted by Crippen LogP contribution is -2.27. The molecule has 0 saturated carbocycles. The molecule has 3 aromatic carbocycles. The second-order valence-electron chi connectivity index (χ2n) is 6.70. The van der Waals surface area contributed by atoms with Gasteiger partial charge in [0.1, 0.15) is 5.82 Å². The Balaban J connectivity index is 1.63. The number of benzene rings is 3. The van der Waals surface area contributed by atoms with E-state index in [9.17, 15) is 9.18 Å². The van der Waals surface area contributed by atoms with Crippen molar-refractivity contribution in [2.75, 3.05) is 0 Å². The number of halogens is 1. The normalized spacial score (nSPS) is 11.9. The molecule has 28 heavy (non-hydrogen) atoms. The zero-order valence-electron chi connectivity index (χ0n) is 15.4. The topological polar surface area (TPSA) is 42.0 Å². The summed E-state index contributed by atoms with van der Waals surface area (Å²) in [4.78, 5) is 17.0. The fourth-order valence-electron chi connectivity index (χ4n) is 3.29. The Bertz CT molecular complexity index is 1120. The van der Waals surface area contributed by atoms with E-state index in [1.807, 2.05) is 61.5 Å². The summed E-state index contributed by atoms with van der Waals surface area (Å²) in [7, 11) is 0. The van der Waals surface area contributed by atoms with Crippen molar-refractivity contribution in [3.63, 3.8) is 0 Å². The second-order valence-corrected chi connectivity index (χ2v) is 6.70. The van der Waals surface area contributed by atoms with Crippen LogP contribution in [0.1, 0.15) is 29.0 Å². The van der Waals surface area contributed by atoms with Crippen LogP contribution < -0.4 is 5.32 Å². The molecule has 1 aromatic heterocycles. The monoisotopic (exact) mass is 370 g/mol. The highest BCUT2D eigenvalue weighted by molar-refractivity contribution is 6.02. The number of nitrogens with zero attached hydrogens (tertiary/aromatic N) is 1. The van der Waals surface area contributed by atoms with Crippen LogP contribution in [-0.2, 0) is 0 Å². The number of rotatable bonds is 4. The summed E-state index contributed by atoms with van der Waals surface area (Å²) in [5, 5.41) is 4.96. The van der Waals surface area contributed by atoms with Crippen LogP contribution in [0.25, 0.3) is 21.9 Å². The summed E-state index contributed by atoms with van der Waals surface area (Å²) in [5.74, 6) is -0.405. The fraction of sp³-hybridized carbons (Fsp3) is 0.0833. The van der Waals surface area contributed by atoms with Gasteiger partial charge in [0, 0.05) is 11.8 Å². The maximum Gasteiger partial charge on any atom is 0.251 e. The standard InChI is InChI=1S/C24H19FN2O/c1-16(23-7-2-3-14-26-23)27-24(28)19-10-13-22-18(15-19)5-4-6-21(22)17-8-11-20(25)12-9-17/h2-16H,1H3,(H,27,28)/t16-/m0/s1. The largest absolute Gasteiger partial charge is 0.344 e. The third kappa shape index (κ3) is 3.62. The van der Waals surface area contributed by atoms with Crippen LogP contribution in [0.3, 0.4) is 0 Å². The molecule has 0 saturated heterocycles. The summed E-state index contributed by atoms with van der Waals surface area (Å²) in [6, 6.07) is 23.4. The molecular weight excluding hydrogens is 351 g/mol. The van der Waals surface area contributed by atoms with Gasteiger partial charge in [-0.1, -0.05) is 42.5 Å². The number of nitrogens with one attached hydrogen (secondary N) is 1. The van der Waals surface area contributed by atoms with Gasteiger partial charge in [-0.05, 0) is 65.2 Å². The van der Waals surface area contributed by atoms with Gasteiger partial charge in [0.25, 0.3) is 5.91 Å². The van der Waals surface area contributed by atoms with E-state index >= 15 is 0 Å². The molecule has 4 rings (SSSR count). The molecule has 1 heterocycles. The Kier molecular flexibility index (Phi) is 4.85. The predicted octanol–water partition coefficient (Wildman–Crippen LogP) is 5.53. The smallest absolute Gasteiger partial charge is 0.251 e. The molecule has 0 fully saturated rings. The highest BCUT2D eigenvalue weighted by atomic mass is 19.1. The Hall–Kier alpha value is -3.53. The Labute approximate surface area is 162 Å². The molecule has 3 nitrogen and oxygen atoms in total. The van der Waals surface area contributed by atoms with Gasteiger partial charge in [0.15, 0.2) is 0 Å². The lowest BCUT2D eigenvalue weighted by molar-refractivity contribution is 0.0939. The fourth-order valence-corrected chi connectivity index (χ4v) is 3.29. The average Bonchev–Trinajstić information content (AvgIpc) is 2.74. The van der Waals surface area contributed by atoms with E-state index in [4.69, 9.17) is 0 Å². The minimum atomic E-state index is -0.259. The van der Waals surface area contributed by atoms with Gasteiger partial charge in [-0.3, -0.25) is 9.78 Å². The third-order valence-electron chi connectivity index (χ3n) is 4.78. The SMILES string of the molecule is C[C@H](NC(=O)c1ccc2c(-c3ccc(F)cc3)cccc2c1)c1ccccn1. The van der Waals surface area contributed by atoms with Gasteiger partial charge in [-0.25, -0.2) is 4.39 Å². The number of hydrogen-bond donors (Lipinski definition) is 1. The summed E-state index contributed by atoms with van der Waals surface area (Å²) < 4.78 is 13.2. The van der Waals surface area contributed by atoms with Crippen molar-refractivity contribution < 1.29 is 9.18 Å². The van der Waals surface area contributed by atoms with Gasteiger partial charge in [0.05, 0.1) is 11.7 Å². The van der Waals surface area contributed by atoms with Gasteiger partial charge in [-0.2, -0.15) is 0 Å². The van der Waals surface area contributed by atoms with Crippen molar-refractivity contribution in [2.24, 2.45) is 0 Å². The molecular formula is C24H19FN2O. The van der Waals surface area contributed by atoms with Crippen molar-refractivity contribution in [1.29, 1.82) is 0 Å². The zero-order valence-corrected chi connectivity index (χ0v) is 15.4. The van der Waals surface area contributed by atoms with Crippen LogP contribution >= 0.6 is 0 Å². The molecule has 0 aliphatic heterocycles. The van der Waals surface area contributed by atoms with Gasteiger partial charge >= 0.3 is 0 Å². The molecule has 0 aliphatic carbocycles. The average molecular weight is 370 g/mol. The van der Waals surface area contributed by atoms with Gasteiger partial charge in [0.2, 0.25) is 0 Å². The number of fused-ring (bicyclic) bond motifs is 1.